The summed E-state index contributed by atoms with van der Waals surface area (Å²) in [5.41, 5.74) is 1.96. The van der Waals surface area contributed by atoms with Gasteiger partial charge in [0.05, 0.1) is 10.9 Å². The molecule has 1 saturated heterocycles. The fourth-order valence-corrected chi connectivity index (χ4v) is 4.91. The van der Waals surface area contributed by atoms with Crippen molar-refractivity contribution < 1.29 is 12.8 Å². The van der Waals surface area contributed by atoms with E-state index >= 15 is 0 Å². The minimum absolute atomic E-state index is 0.137. The van der Waals surface area contributed by atoms with E-state index in [1.54, 1.807) is 54.9 Å². The van der Waals surface area contributed by atoms with E-state index in [0.717, 1.165) is 37.4 Å². The van der Waals surface area contributed by atoms with Crippen LogP contribution in [-0.4, -0.2) is 51.0 Å². The standard InChI is InChI=1S/C23H25FN4O2S/c24-20-8-10-21(11-9-20)27-13-15-28(16-14-27)23(19-5-4-12-25-17-19)18-26-31(29,30)22-6-2-1-3-7-22/h1-12,17,23,26H,13-16,18H2/t23-/m1/s1. The average molecular weight is 441 g/mol. The molecule has 1 aliphatic rings. The minimum atomic E-state index is -3.60. The van der Waals surface area contributed by atoms with Gasteiger partial charge in [-0.2, -0.15) is 0 Å². The highest BCUT2D eigenvalue weighted by atomic mass is 32.2. The molecule has 3 aromatic rings. The Balaban J connectivity index is 1.47. The summed E-state index contributed by atoms with van der Waals surface area (Å²) in [7, 11) is -3.60. The lowest BCUT2D eigenvalue weighted by Crippen LogP contribution is -2.50. The van der Waals surface area contributed by atoms with Crippen LogP contribution in [-0.2, 0) is 10.0 Å². The molecule has 162 valence electrons. The number of hydrogen-bond acceptors (Lipinski definition) is 5. The molecule has 1 aromatic heterocycles. The Morgan fingerprint density at radius 1 is 0.935 bits per heavy atom. The SMILES string of the molecule is O=S(=O)(NC[C@H](c1cccnc1)N1CCN(c2ccc(F)cc2)CC1)c1ccccc1. The fourth-order valence-electron chi connectivity index (χ4n) is 3.85. The molecule has 0 aliphatic carbocycles. The summed E-state index contributed by atoms with van der Waals surface area (Å²) in [5.74, 6) is -0.246. The van der Waals surface area contributed by atoms with Crippen LogP contribution in [0.1, 0.15) is 11.6 Å². The van der Waals surface area contributed by atoms with Crippen LogP contribution in [0, 0.1) is 5.82 Å². The molecule has 1 aliphatic heterocycles. The monoisotopic (exact) mass is 440 g/mol. The molecule has 0 radical (unpaired) electrons. The number of nitrogens with one attached hydrogen (secondary N) is 1. The summed E-state index contributed by atoms with van der Waals surface area (Å²) in [4.78, 5) is 8.96. The molecule has 1 N–H and O–H groups in total. The fraction of sp³-hybridized carbons (Fsp3) is 0.261. The van der Waals surface area contributed by atoms with Crippen molar-refractivity contribution in [3.63, 3.8) is 0 Å². The summed E-state index contributed by atoms with van der Waals surface area (Å²) in [6.07, 6.45) is 3.50. The van der Waals surface area contributed by atoms with Crippen LogP contribution < -0.4 is 9.62 Å². The summed E-state index contributed by atoms with van der Waals surface area (Å²) in [5, 5.41) is 0. The lowest BCUT2D eigenvalue weighted by atomic mass is 10.1. The van der Waals surface area contributed by atoms with Crippen molar-refractivity contribution in [2.24, 2.45) is 0 Å². The first-order chi connectivity index (χ1) is 15.0. The van der Waals surface area contributed by atoms with Gasteiger partial charge in [0, 0.05) is 50.8 Å². The smallest absolute Gasteiger partial charge is 0.240 e. The van der Waals surface area contributed by atoms with Gasteiger partial charge in [0.2, 0.25) is 10.0 Å². The predicted octanol–water partition coefficient (Wildman–Crippen LogP) is 3.06. The van der Waals surface area contributed by atoms with Gasteiger partial charge in [0.15, 0.2) is 0 Å². The second kappa shape index (κ2) is 9.55. The largest absolute Gasteiger partial charge is 0.369 e. The maximum Gasteiger partial charge on any atom is 0.240 e. The van der Waals surface area contributed by atoms with E-state index < -0.39 is 10.0 Å². The molecule has 2 heterocycles. The van der Waals surface area contributed by atoms with Crippen LogP contribution in [0.2, 0.25) is 0 Å². The number of hydrogen-bond donors (Lipinski definition) is 1. The Hall–Kier alpha value is -2.81. The number of nitrogens with zero attached hydrogens (tertiary/aromatic N) is 3. The summed E-state index contributed by atoms with van der Waals surface area (Å²) in [6, 6.07) is 18.6. The molecule has 1 fully saturated rings. The lowest BCUT2D eigenvalue weighted by molar-refractivity contribution is 0.186. The first-order valence-corrected chi connectivity index (χ1v) is 11.7. The molecule has 2 aromatic carbocycles. The van der Waals surface area contributed by atoms with Crippen LogP contribution in [0.25, 0.3) is 0 Å². The van der Waals surface area contributed by atoms with E-state index in [4.69, 9.17) is 0 Å². The van der Waals surface area contributed by atoms with Crippen molar-refractivity contribution in [3.05, 3.63) is 90.5 Å². The van der Waals surface area contributed by atoms with Gasteiger partial charge in [-0.3, -0.25) is 9.88 Å². The highest BCUT2D eigenvalue weighted by Gasteiger charge is 2.27. The summed E-state index contributed by atoms with van der Waals surface area (Å²) in [6.45, 7) is 3.30. The Morgan fingerprint density at radius 3 is 2.29 bits per heavy atom. The third-order valence-corrected chi connectivity index (χ3v) is 6.98. The van der Waals surface area contributed by atoms with Gasteiger partial charge in [-0.15, -0.1) is 0 Å². The topological polar surface area (TPSA) is 65.5 Å². The summed E-state index contributed by atoms with van der Waals surface area (Å²) < 4.78 is 41.5. The number of benzene rings is 2. The third kappa shape index (κ3) is 5.28. The van der Waals surface area contributed by atoms with Crippen molar-refractivity contribution in [1.82, 2.24) is 14.6 Å². The molecule has 6 nitrogen and oxygen atoms in total. The molecule has 31 heavy (non-hydrogen) atoms. The molecule has 0 spiro atoms. The van der Waals surface area contributed by atoms with Crippen molar-refractivity contribution >= 4 is 15.7 Å². The Kier molecular flexibility index (Phi) is 6.60. The zero-order valence-corrected chi connectivity index (χ0v) is 17.9. The molecular weight excluding hydrogens is 415 g/mol. The van der Waals surface area contributed by atoms with Crippen LogP contribution >= 0.6 is 0 Å². The predicted molar refractivity (Wildman–Crippen MR) is 119 cm³/mol. The van der Waals surface area contributed by atoms with Gasteiger partial charge in [0.1, 0.15) is 5.82 Å². The molecular formula is C23H25FN4O2S. The van der Waals surface area contributed by atoms with E-state index in [0.29, 0.717) is 0 Å². The van der Waals surface area contributed by atoms with E-state index in [9.17, 15) is 12.8 Å². The van der Waals surface area contributed by atoms with Gasteiger partial charge in [-0.05, 0) is 48.0 Å². The van der Waals surface area contributed by atoms with Crippen LogP contribution in [0.3, 0.4) is 0 Å². The van der Waals surface area contributed by atoms with E-state index in [1.807, 2.05) is 12.1 Å². The molecule has 1 atom stereocenters. The molecule has 0 unspecified atom stereocenters. The second-order valence-electron chi connectivity index (χ2n) is 7.47. The highest BCUT2D eigenvalue weighted by molar-refractivity contribution is 7.89. The maximum atomic E-state index is 13.2. The van der Waals surface area contributed by atoms with Crippen LogP contribution in [0.15, 0.2) is 84.0 Å². The van der Waals surface area contributed by atoms with Gasteiger partial charge in [-0.1, -0.05) is 24.3 Å². The summed E-state index contributed by atoms with van der Waals surface area (Å²) >= 11 is 0. The number of halogens is 1. The van der Waals surface area contributed by atoms with Crippen molar-refractivity contribution in [1.29, 1.82) is 0 Å². The number of sulfonamides is 1. The zero-order valence-electron chi connectivity index (χ0n) is 17.1. The van der Waals surface area contributed by atoms with E-state index in [-0.39, 0.29) is 23.3 Å². The first-order valence-electron chi connectivity index (χ1n) is 10.2. The maximum absolute atomic E-state index is 13.2. The average Bonchev–Trinajstić information content (AvgIpc) is 2.81. The van der Waals surface area contributed by atoms with Crippen LogP contribution in [0.4, 0.5) is 10.1 Å². The number of pyridine rings is 1. The molecule has 0 saturated carbocycles. The normalized spacial score (nSPS) is 16.2. The van der Waals surface area contributed by atoms with Crippen molar-refractivity contribution in [3.8, 4) is 0 Å². The number of aromatic nitrogens is 1. The Morgan fingerprint density at radius 2 is 1.65 bits per heavy atom. The first kappa shape index (κ1) is 21.4. The molecule has 0 bridgehead atoms. The molecule has 8 heteroatoms. The molecule has 0 amide bonds. The molecule has 4 rings (SSSR count). The number of anilines is 1. The number of piperazine rings is 1. The lowest BCUT2D eigenvalue weighted by Gasteiger charge is -2.40. The van der Waals surface area contributed by atoms with Gasteiger partial charge in [-0.25, -0.2) is 17.5 Å². The van der Waals surface area contributed by atoms with Crippen molar-refractivity contribution in [2.75, 3.05) is 37.6 Å². The minimum Gasteiger partial charge on any atom is -0.369 e. The second-order valence-corrected chi connectivity index (χ2v) is 9.23. The van der Waals surface area contributed by atoms with E-state index in [2.05, 4.69) is 19.5 Å². The van der Waals surface area contributed by atoms with Gasteiger partial charge in [0.25, 0.3) is 0 Å². The third-order valence-electron chi connectivity index (χ3n) is 5.54. The van der Waals surface area contributed by atoms with Gasteiger partial charge >= 0.3 is 0 Å². The number of rotatable bonds is 7. The Labute approximate surface area is 182 Å². The highest BCUT2D eigenvalue weighted by Crippen LogP contribution is 2.24. The van der Waals surface area contributed by atoms with Crippen molar-refractivity contribution in [2.45, 2.75) is 10.9 Å². The quantitative estimate of drug-likeness (QED) is 0.612. The van der Waals surface area contributed by atoms with E-state index in [1.165, 1.54) is 12.1 Å². The zero-order chi connectivity index (χ0) is 21.7. The van der Waals surface area contributed by atoms with Crippen LogP contribution in [0.5, 0.6) is 0 Å². The van der Waals surface area contributed by atoms with Gasteiger partial charge < -0.3 is 4.90 Å². The Bertz CT molecular complexity index is 1070.